The third-order valence-corrected chi connectivity index (χ3v) is 4.31. The zero-order valence-corrected chi connectivity index (χ0v) is 20.0. The minimum Gasteiger partial charge on any atom is -0.361 e. The SMILES string of the molecule is CN(C)c1nc(NCc2ccccc2)nc(N/N=C/c2c[nH]c3ccccc23)n1.Cl.Cl.Cl. The summed E-state index contributed by atoms with van der Waals surface area (Å²) in [6.45, 7) is 0.621. The van der Waals surface area contributed by atoms with Crippen LogP contribution in [-0.4, -0.2) is 40.2 Å². The summed E-state index contributed by atoms with van der Waals surface area (Å²) in [7, 11) is 3.77. The van der Waals surface area contributed by atoms with Gasteiger partial charge < -0.3 is 15.2 Å². The first-order valence-corrected chi connectivity index (χ1v) is 9.25. The number of hydrogen-bond donors (Lipinski definition) is 3. The molecule has 2 heterocycles. The molecule has 0 radical (unpaired) electrons. The lowest BCUT2D eigenvalue weighted by atomic mass is 10.2. The van der Waals surface area contributed by atoms with Crippen molar-refractivity contribution >= 4 is 72.2 Å². The number of fused-ring (bicyclic) bond motifs is 1. The molecule has 0 aliphatic carbocycles. The second-order valence-electron chi connectivity index (χ2n) is 6.68. The van der Waals surface area contributed by atoms with Crippen LogP contribution in [0.1, 0.15) is 11.1 Å². The number of rotatable bonds is 7. The number of nitrogens with one attached hydrogen (secondary N) is 3. The Kier molecular flexibility index (Phi) is 10.7. The maximum Gasteiger partial charge on any atom is 0.250 e. The zero-order valence-electron chi connectivity index (χ0n) is 17.5. The molecule has 4 rings (SSSR count). The first kappa shape index (κ1) is 27.0. The second kappa shape index (κ2) is 12.7. The van der Waals surface area contributed by atoms with Gasteiger partial charge in [0.2, 0.25) is 17.8 Å². The molecule has 0 amide bonds. The Bertz CT molecular complexity index is 1130. The summed E-state index contributed by atoms with van der Waals surface area (Å²) in [4.78, 5) is 18.3. The molecule has 11 heteroatoms. The van der Waals surface area contributed by atoms with Gasteiger partial charge in [-0.25, -0.2) is 5.43 Å². The average Bonchev–Trinajstić information content (AvgIpc) is 3.16. The number of H-pyrrole nitrogens is 1. The summed E-state index contributed by atoms with van der Waals surface area (Å²) in [5.74, 6) is 1.40. The summed E-state index contributed by atoms with van der Waals surface area (Å²) < 4.78 is 0. The van der Waals surface area contributed by atoms with E-state index in [9.17, 15) is 0 Å². The molecule has 0 unspecified atom stereocenters. The molecule has 2 aromatic heterocycles. The van der Waals surface area contributed by atoms with Gasteiger partial charge in [0.25, 0.3) is 0 Å². The van der Waals surface area contributed by atoms with Crippen molar-refractivity contribution in [1.29, 1.82) is 0 Å². The molecule has 3 N–H and O–H groups in total. The molecule has 2 aromatic carbocycles. The van der Waals surface area contributed by atoms with Crippen LogP contribution >= 0.6 is 37.2 Å². The van der Waals surface area contributed by atoms with Gasteiger partial charge in [-0.05, 0) is 11.6 Å². The quantitative estimate of drug-likeness (QED) is 0.253. The summed E-state index contributed by atoms with van der Waals surface area (Å²) in [5, 5.41) is 8.64. The normalized spacial score (nSPS) is 10.1. The van der Waals surface area contributed by atoms with Crippen LogP contribution in [0.4, 0.5) is 17.8 Å². The number of hydrogen-bond acceptors (Lipinski definition) is 7. The van der Waals surface area contributed by atoms with Crippen molar-refractivity contribution in [3.8, 4) is 0 Å². The smallest absolute Gasteiger partial charge is 0.250 e. The molecule has 170 valence electrons. The van der Waals surface area contributed by atoms with Crippen molar-refractivity contribution in [3.63, 3.8) is 0 Å². The number of nitrogens with zero attached hydrogens (tertiary/aromatic N) is 5. The molecule has 32 heavy (non-hydrogen) atoms. The van der Waals surface area contributed by atoms with Crippen LogP contribution in [0.15, 0.2) is 65.9 Å². The molecule has 0 fully saturated rings. The van der Waals surface area contributed by atoms with Crippen molar-refractivity contribution in [2.24, 2.45) is 5.10 Å². The van der Waals surface area contributed by atoms with Gasteiger partial charge in [0.05, 0.1) is 6.21 Å². The molecule has 0 atom stereocenters. The van der Waals surface area contributed by atoms with Gasteiger partial charge in [0.15, 0.2) is 0 Å². The van der Waals surface area contributed by atoms with Crippen molar-refractivity contribution < 1.29 is 0 Å². The van der Waals surface area contributed by atoms with Crippen molar-refractivity contribution in [2.75, 3.05) is 29.7 Å². The fourth-order valence-electron chi connectivity index (χ4n) is 2.83. The molecular weight excluding hydrogens is 471 g/mol. The maximum absolute atomic E-state index is 4.44. The lowest BCUT2D eigenvalue weighted by Crippen LogP contribution is -2.16. The predicted molar refractivity (Wildman–Crippen MR) is 139 cm³/mol. The molecule has 0 aliphatic heterocycles. The van der Waals surface area contributed by atoms with Crippen molar-refractivity contribution in [1.82, 2.24) is 19.9 Å². The van der Waals surface area contributed by atoms with Crippen LogP contribution in [0.5, 0.6) is 0 Å². The Morgan fingerprint density at radius 1 is 0.906 bits per heavy atom. The Labute approximate surface area is 205 Å². The lowest BCUT2D eigenvalue weighted by Gasteiger charge is -2.13. The number of aromatic nitrogens is 4. The summed E-state index contributed by atoms with van der Waals surface area (Å²) in [6, 6.07) is 18.2. The molecule has 0 aliphatic rings. The predicted octanol–water partition coefficient (Wildman–Crippen LogP) is 4.74. The molecule has 0 saturated carbocycles. The van der Waals surface area contributed by atoms with Gasteiger partial charge in [0, 0.05) is 43.3 Å². The number of benzene rings is 2. The van der Waals surface area contributed by atoms with Crippen LogP contribution in [0.2, 0.25) is 0 Å². The fraction of sp³-hybridized carbons (Fsp3) is 0.143. The monoisotopic (exact) mass is 494 g/mol. The van der Waals surface area contributed by atoms with E-state index in [2.05, 4.69) is 35.8 Å². The number of anilines is 3. The first-order chi connectivity index (χ1) is 14.2. The Morgan fingerprint density at radius 2 is 1.59 bits per heavy atom. The number of hydrazone groups is 1. The van der Waals surface area contributed by atoms with Crippen LogP contribution in [0, 0.1) is 0 Å². The summed E-state index contributed by atoms with van der Waals surface area (Å²) in [5.41, 5.74) is 6.10. The topological polar surface area (TPSA) is 94.1 Å². The largest absolute Gasteiger partial charge is 0.361 e. The van der Waals surface area contributed by atoms with Gasteiger partial charge in [-0.3, -0.25) is 0 Å². The van der Waals surface area contributed by atoms with E-state index in [4.69, 9.17) is 0 Å². The van der Waals surface area contributed by atoms with Gasteiger partial charge in [0.1, 0.15) is 0 Å². The molecule has 8 nitrogen and oxygen atoms in total. The minimum absolute atomic E-state index is 0. The van der Waals surface area contributed by atoms with E-state index < -0.39 is 0 Å². The highest BCUT2D eigenvalue weighted by atomic mass is 35.5. The average molecular weight is 496 g/mol. The van der Waals surface area contributed by atoms with Gasteiger partial charge in [-0.2, -0.15) is 20.1 Å². The van der Waals surface area contributed by atoms with E-state index >= 15 is 0 Å². The van der Waals surface area contributed by atoms with Gasteiger partial charge in [-0.15, -0.1) is 37.2 Å². The van der Waals surface area contributed by atoms with Crippen LogP contribution in [0.3, 0.4) is 0 Å². The maximum atomic E-state index is 4.44. The van der Waals surface area contributed by atoms with Gasteiger partial charge in [-0.1, -0.05) is 48.5 Å². The number of halogens is 3. The van der Waals surface area contributed by atoms with Gasteiger partial charge >= 0.3 is 0 Å². The van der Waals surface area contributed by atoms with E-state index in [1.807, 2.05) is 79.8 Å². The standard InChI is InChI=1S/C21H22N8.3ClH/c1-29(2)21-26-19(23-12-15-8-4-3-5-9-15)25-20(27-21)28-24-14-16-13-22-18-11-7-6-10-17(16)18;;;/h3-11,13-14,22H,12H2,1-2H3,(H2,23,25,26,27,28);3*1H/b24-14+;;;. The zero-order chi connectivity index (χ0) is 20.1. The third kappa shape index (κ3) is 6.71. The van der Waals surface area contributed by atoms with Crippen molar-refractivity contribution in [3.05, 3.63) is 71.9 Å². The summed E-state index contributed by atoms with van der Waals surface area (Å²) >= 11 is 0. The van der Waals surface area contributed by atoms with E-state index in [1.165, 1.54) is 0 Å². The van der Waals surface area contributed by atoms with Crippen LogP contribution < -0.4 is 15.6 Å². The Balaban J connectivity index is 0.00000171. The highest BCUT2D eigenvalue weighted by Gasteiger charge is 2.08. The highest BCUT2D eigenvalue weighted by molar-refractivity contribution is 5.99. The molecule has 0 bridgehead atoms. The number of para-hydroxylation sites is 1. The fourth-order valence-corrected chi connectivity index (χ4v) is 2.83. The van der Waals surface area contributed by atoms with Crippen molar-refractivity contribution in [2.45, 2.75) is 6.54 Å². The molecule has 4 aromatic rings. The third-order valence-electron chi connectivity index (χ3n) is 4.31. The van der Waals surface area contributed by atoms with Crippen LogP contribution in [-0.2, 0) is 6.54 Å². The highest BCUT2D eigenvalue weighted by Crippen LogP contribution is 2.16. The Hall–Kier alpha value is -3.07. The van der Waals surface area contributed by atoms with E-state index in [1.54, 1.807) is 6.21 Å². The van der Waals surface area contributed by atoms with E-state index in [0.717, 1.165) is 22.0 Å². The molecule has 0 spiro atoms. The van der Waals surface area contributed by atoms with E-state index in [0.29, 0.717) is 24.4 Å². The number of aromatic amines is 1. The minimum atomic E-state index is 0. The molecule has 0 saturated heterocycles. The second-order valence-corrected chi connectivity index (χ2v) is 6.68. The van der Waals surface area contributed by atoms with E-state index in [-0.39, 0.29) is 37.2 Å². The molecular formula is C21H25Cl3N8. The lowest BCUT2D eigenvalue weighted by molar-refractivity contribution is 0.940. The first-order valence-electron chi connectivity index (χ1n) is 9.25. The Morgan fingerprint density at radius 3 is 2.34 bits per heavy atom. The summed E-state index contributed by atoms with van der Waals surface area (Å²) in [6.07, 6.45) is 3.66. The van der Waals surface area contributed by atoms with Crippen LogP contribution in [0.25, 0.3) is 10.9 Å².